The molecule has 3 heteroatoms. The molecule has 0 bridgehead atoms. The number of carbonyl (C=O) groups is 1. The summed E-state index contributed by atoms with van der Waals surface area (Å²) in [5.74, 6) is 0.883. The Hall–Kier alpha value is -1.51. The van der Waals surface area contributed by atoms with Crippen molar-refractivity contribution >= 4 is 5.91 Å². The third kappa shape index (κ3) is 3.39. The van der Waals surface area contributed by atoms with Crippen LogP contribution >= 0.6 is 0 Å². The third-order valence-electron chi connectivity index (χ3n) is 4.71. The Labute approximate surface area is 127 Å². The molecule has 1 aromatic carbocycles. The molecular weight excluding hydrogens is 262 g/mol. The van der Waals surface area contributed by atoms with Crippen LogP contribution < -0.4 is 10.1 Å². The molecule has 2 aliphatic rings. The van der Waals surface area contributed by atoms with E-state index in [1.807, 2.05) is 13.0 Å². The van der Waals surface area contributed by atoms with Crippen LogP contribution in [0.25, 0.3) is 0 Å². The van der Waals surface area contributed by atoms with Gasteiger partial charge < -0.3 is 10.1 Å². The van der Waals surface area contributed by atoms with E-state index in [1.165, 1.54) is 36.8 Å². The fraction of sp³-hybridized carbons (Fsp3) is 0.611. The molecular formula is C18H25NO2. The van der Waals surface area contributed by atoms with Crippen molar-refractivity contribution in [3.63, 3.8) is 0 Å². The highest BCUT2D eigenvalue weighted by atomic mass is 16.5. The topological polar surface area (TPSA) is 38.3 Å². The minimum absolute atomic E-state index is 0.0462. The van der Waals surface area contributed by atoms with Crippen molar-refractivity contribution < 1.29 is 9.53 Å². The molecule has 1 N–H and O–H groups in total. The normalized spacial score (nSPS) is 19.3. The molecule has 1 amide bonds. The molecule has 1 fully saturated rings. The zero-order chi connectivity index (χ0) is 14.7. The molecule has 0 aliphatic heterocycles. The Kier molecular flexibility index (Phi) is 4.47. The quantitative estimate of drug-likeness (QED) is 0.901. The zero-order valence-corrected chi connectivity index (χ0v) is 12.9. The minimum atomic E-state index is -0.370. The molecule has 114 valence electrons. The summed E-state index contributed by atoms with van der Waals surface area (Å²) < 4.78 is 5.95. The summed E-state index contributed by atoms with van der Waals surface area (Å²) in [7, 11) is 0. The average molecular weight is 287 g/mol. The lowest BCUT2D eigenvalue weighted by molar-refractivity contribution is -0.128. The number of hydrogen-bond donors (Lipinski definition) is 1. The van der Waals surface area contributed by atoms with E-state index in [-0.39, 0.29) is 12.0 Å². The molecule has 0 aromatic heterocycles. The van der Waals surface area contributed by atoms with E-state index in [4.69, 9.17) is 4.74 Å². The molecule has 21 heavy (non-hydrogen) atoms. The van der Waals surface area contributed by atoms with Crippen LogP contribution in [0.1, 0.15) is 56.6 Å². The number of nitrogens with one attached hydrogen (secondary N) is 1. The molecule has 1 atom stereocenters. The minimum Gasteiger partial charge on any atom is -0.481 e. The fourth-order valence-corrected chi connectivity index (χ4v) is 3.47. The first-order chi connectivity index (χ1) is 10.3. The van der Waals surface area contributed by atoms with Crippen LogP contribution in [0.15, 0.2) is 18.2 Å². The zero-order valence-electron chi connectivity index (χ0n) is 12.9. The van der Waals surface area contributed by atoms with Crippen molar-refractivity contribution in [2.24, 2.45) is 0 Å². The second-order valence-electron chi connectivity index (χ2n) is 6.29. The average Bonchev–Trinajstić information content (AvgIpc) is 3.14. The molecule has 0 saturated heterocycles. The molecule has 0 spiro atoms. The number of hydrogen-bond acceptors (Lipinski definition) is 2. The second-order valence-corrected chi connectivity index (χ2v) is 6.29. The molecule has 1 unspecified atom stereocenters. The summed E-state index contributed by atoms with van der Waals surface area (Å²) in [5, 5.41) is 3.14. The van der Waals surface area contributed by atoms with E-state index in [0.717, 1.165) is 25.0 Å². The van der Waals surface area contributed by atoms with Crippen LogP contribution in [0.2, 0.25) is 0 Å². The summed E-state index contributed by atoms with van der Waals surface area (Å²) in [4.78, 5) is 12.3. The number of rotatable bonds is 5. The van der Waals surface area contributed by atoms with Gasteiger partial charge in [0, 0.05) is 6.04 Å². The van der Waals surface area contributed by atoms with Gasteiger partial charge in [-0.3, -0.25) is 4.79 Å². The van der Waals surface area contributed by atoms with Gasteiger partial charge in [0.2, 0.25) is 0 Å². The summed E-state index contributed by atoms with van der Waals surface area (Å²) in [6, 6.07) is 6.64. The number of ether oxygens (including phenoxy) is 1. The van der Waals surface area contributed by atoms with E-state index in [2.05, 4.69) is 17.4 Å². The van der Waals surface area contributed by atoms with Gasteiger partial charge in [0.05, 0.1) is 0 Å². The summed E-state index contributed by atoms with van der Waals surface area (Å²) >= 11 is 0. The lowest BCUT2D eigenvalue weighted by Crippen LogP contribution is -2.42. The first-order valence-electron chi connectivity index (χ1n) is 8.35. The van der Waals surface area contributed by atoms with Gasteiger partial charge in [-0.15, -0.1) is 0 Å². The van der Waals surface area contributed by atoms with Crippen molar-refractivity contribution in [3.05, 3.63) is 29.3 Å². The Bertz CT molecular complexity index is 506. The highest BCUT2D eigenvalue weighted by molar-refractivity contribution is 5.81. The Morgan fingerprint density at radius 1 is 1.24 bits per heavy atom. The van der Waals surface area contributed by atoms with Gasteiger partial charge in [0.25, 0.3) is 5.91 Å². The van der Waals surface area contributed by atoms with Gasteiger partial charge in [0.1, 0.15) is 5.75 Å². The van der Waals surface area contributed by atoms with E-state index in [0.29, 0.717) is 12.5 Å². The van der Waals surface area contributed by atoms with Crippen molar-refractivity contribution in [3.8, 4) is 5.75 Å². The van der Waals surface area contributed by atoms with E-state index in [1.54, 1.807) is 0 Å². The van der Waals surface area contributed by atoms with Gasteiger partial charge in [-0.2, -0.15) is 0 Å². The molecule has 1 aromatic rings. The van der Waals surface area contributed by atoms with Crippen LogP contribution in [0, 0.1) is 0 Å². The monoisotopic (exact) mass is 287 g/mol. The Balaban J connectivity index is 1.62. The smallest absolute Gasteiger partial charge is 0.261 e. The first-order valence-corrected chi connectivity index (χ1v) is 8.35. The standard InChI is InChI=1S/C18H25NO2/c1-2-17(18(20)19-15-8-3-4-9-15)21-16-11-10-13-6-5-7-14(13)12-16/h10-12,15,17H,2-9H2,1H3,(H,19,20). The van der Waals surface area contributed by atoms with Crippen molar-refractivity contribution in [2.45, 2.75) is 70.4 Å². The van der Waals surface area contributed by atoms with Crippen molar-refractivity contribution in [1.82, 2.24) is 5.32 Å². The van der Waals surface area contributed by atoms with Gasteiger partial charge in [-0.1, -0.05) is 25.8 Å². The molecule has 2 aliphatic carbocycles. The number of amides is 1. The molecule has 1 saturated carbocycles. The number of benzene rings is 1. The van der Waals surface area contributed by atoms with Gasteiger partial charge in [0.15, 0.2) is 6.10 Å². The highest BCUT2D eigenvalue weighted by Gasteiger charge is 2.24. The van der Waals surface area contributed by atoms with E-state index in [9.17, 15) is 4.79 Å². The van der Waals surface area contributed by atoms with Crippen LogP contribution in [0.3, 0.4) is 0 Å². The number of aryl methyl sites for hydroxylation is 2. The van der Waals surface area contributed by atoms with Gasteiger partial charge in [-0.25, -0.2) is 0 Å². The fourth-order valence-electron chi connectivity index (χ4n) is 3.47. The Morgan fingerprint density at radius 2 is 2.00 bits per heavy atom. The largest absolute Gasteiger partial charge is 0.481 e. The predicted octanol–water partition coefficient (Wildman–Crippen LogP) is 3.39. The van der Waals surface area contributed by atoms with Gasteiger partial charge >= 0.3 is 0 Å². The maximum absolute atomic E-state index is 12.3. The predicted molar refractivity (Wildman–Crippen MR) is 83.6 cm³/mol. The lowest BCUT2D eigenvalue weighted by Gasteiger charge is -2.20. The first kappa shape index (κ1) is 14.4. The summed E-state index contributed by atoms with van der Waals surface area (Å²) in [5.41, 5.74) is 2.82. The molecule has 0 radical (unpaired) electrons. The summed E-state index contributed by atoms with van der Waals surface area (Å²) in [6.07, 6.45) is 8.56. The van der Waals surface area contributed by atoms with Crippen molar-refractivity contribution in [2.75, 3.05) is 0 Å². The van der Waals surface area contributed by atoms with E-state index < -0.39 is 0 Å². The number of carbonyl (C=O) groups excluding carboxylic acids is 1. The molecule has 0 heterocycles. The van der Waals surface area contributed by atoms with Crippen LogP contribution in [-0.4, -0.2) is 18.1 Å². The van der Waals surface area contributed by atoms with Crippen molar-refractivity contribution in [1.29, 1.82) is 0 Å². The lowest BCUT2D eigenvalue weighted by atomic mass is 10.1. The second kappa shape index (κ2) is 6.50. The highest BCUT2D eigenvalue weighted by Crippen LogP contribution is 2.27. The molecule has 3 nitrogen and oxygen atoms in total. The van der Waals surface area contributed by atoms with E-state index >= 15 is 0 Å². The maximum Gasteiger partial charge on any atom is 0.261 e. The summed E-state index contributed by atoms with van der Waals surface area (Å²) in [6.45, 7) is 2.01. The van der Waals surface area contributed by atoms with Crippen LogP contribution in [0.5, 0.6) is 5.75 Å². The Morgan fingerprint density at radius 3 is 2.76 bits per heavy atom. The number of fused-ring (bicyclic) bond motifs is 1. The maximum atomic E-state index is 12.3. The third-order valence-corrected chi connectivity index (χ3v) is 4.71. The SMILES string of the molecule is CCC(Oc1ccc2c(c1)CCC2)C(=O)NC1CCCC1. The van der Waals surface area contributed by atoms with Gasteiger partial charge in [-0.05, 0) is 61.8 Å². The molecule has 3 rings (SSSR count). The van der Waals surface area contributed by atoms with Crippen LogP contribution in [0.4, 0.5) is 0 Å². The van der Waals surface area contributed by atoms with Crippen LogP contribution in [-0.2, 0) is 17.6 Å².